The molecule has 0 aromatic carbocycles. The van der Waals surface area contributed by atoms with Crippen molar-refractivity contribution >= 4 is 17.9 Å². The smallest absolute Gasteiger partial charge is 0.226 e. The highest BCUT2D eigenvalue weighted by Gasteiger charge is 2.12. The first kappa shape index (κ1) is 10.8. The maximum absolute atomic E-state index is 11.1. The van der Waals surface area contributed by atoms with Gasteiger partial charge in [0.1, 0.15) is 5.82 Å². The van der Waals surface area contributed by atoms with Crippen LogP contribution in [0.25, 0.3) is 0 Å². The van der Waals surface area contributed by atoms with E-state index in [-0.39, 0.29) is 0 Å². The molecule has 1 aromatic rings. The van der Waals surface area contributed by atoms with E-state index < -0.39 is 5.78 Å². The van der Waals surface area contributed by atoms with Crippen LogP contribution in [0.1, 0.15) is 10.4 Å². The second-order valence-electron chi connectivity index (χ2n) is 3.49. The van der Waals surface area contributed by atoms with Gasteiger partial charge < -0.3 is 9.64 Å². The third kappa shape index (κ3) is 2.25. The van der Waals surface area contributed by atoms with E-state index in [9.17, 15) is 9.59 Å². The zero-order chi connectivity index (χ0) is 11.4. The van der Waals surface area contributed by atoms with E-state index in [0.717, 1.165) is 18.9 Å². The molecular weight excluding hydrogens is 208 g/mol. The Morgan fingerprint density at radius 2 is 2.12 bits per heavy atom. The molecule has 2 rings (SSSR count). The number of rotatable bonds is 3. The average Bonchev–Trinajstić information content (AvgIpc) is 2.39. The first-order chi connectivity index (χ1) is 7.81. The Bertz CT molecular complexity index is 383. The van der Waals surface area contributed by atoms with E-state index in [2.05, 4.69) is 9.88 Å². The summed E-state index contributed by atoms with van der Waals surface area (Å²) in [6.45, 7) is 2.98. The molecule has 0 N–H and O–H groups in total. The van der Waals surface area contributed by atoms with Crippen LogP contribution in [-0.4, -0.2) is 43.4 Å². The Balaban J connectivity index is 2.11. The summed E-state index contributed by atoms with van der Waals surface area (Å²) in [5.74, 6) is 0.270. The summed E-state index contributed by atoms with van der Waals surface area (Å²) in [6, 6.07) is 3.37. The van der Waals surface area contributed by atoms with E-state index in [4.69, 9.17) is 4.74 Å². The Morgan fingerprint density at radius 1 is 1.38 bits per heavy atom. The van der Waals surface area contributed by atoms with Crippen molar-refractivity contribution in [3.63, 3.8) is 0 Å². The van der Waals surface area contributed by atoms with Gasteiger partial charge in [-0.15, -0.1) is 0 Å². The molecule has 0 saturated carbocycles. The highest BCUT2D eigenvalue weighted by atomic mass is 16.5. The molecule has 84 valence electrons. The summed E-state index contributed by atoms with van der Waals surface area (Å²) < 4.78 is 5.23. The fourth-order valence-electron chi connectivity index (χ4n) is 1.58. The zero-order valence-electron chi connectivity index (χ0n) is 8.76. The Hall–Kier alpha value is -1.75. The molecule has 16 heavy (non-hydrogen) atoms. The molecule has 1 aliphatic heterocycles. The molecule has 5 heteroatoms. The van der Waals surface area contributed by atoms with Crippen molar-refractivity contribution in [1.82, 2.24) is 4.98 Å². The molecule has 1 aromatic heterocycles. The molecule has 0 bridgehead atoms. The topological polar surface area (TPSA) is 59.5 Å². The number of aldehydes is 1. The third-order valence-corrected chi connectivity index (χ3v) is 2.47. The summed E-state index contributed by atoms with van der Waals surface area (Å²) in [5.41, 5.74) is 0.326. The molecule has 0 amide bonds. The molecule has 0 radical (unpaired) electrons. The van der Waals surface area contributed by atoms with Gasteiger partial charge in [-0.2, -0.15) is 0 Å². The van der Waals surface area contributed by atoms with E-state index in [1.165, 1.54) is 6.20 Å². The molecule has 0 aliphatic carbocycles. The Labute approximate surface area is 93.0 Å². The zero-order valence-corrected chi connectivity index (χ0v) is 8.76. The molecule has 0 atom stereocenters. The van der Waals surface area contributed by atoms with Crippen LogP contribution in [0.3, 0.4) is 0 Å². The molecule has 2 heterocycles. The van der Waals surface area contributed by atoms with E-state index in [1.54, 1.807) is 12.1 Å². The van der Waals surface area contributed by atoms with Crippen molar-refractivity contribution in [3.05, 3.63) is 23.9 Å². The van der Waals surface area contributed by atoms with Gasteiger partial charge >= 0.3 is 0 Å². The molecule has 1 aliphatic rings. The van der Waals surface area contributed by atoms with E-state index >= 15 is 0 Å². The number of carbonyl (C=O) groups is 2. The number of ether oxygens (including phenoxy) is 1. The van der Waals surface area contributed by atoms with Crippen molar-refractivity contribution in [2.24, 2.45) is 0 Å². The van der Waals surface area contributed by atoms with Gasteiger partial charge in [0.15, 0.2) is 6.29 Å². The molecule has 5 nitrogen and oxygen atoms in total. The Kier molecular flexibility index (Phi) is 3.26. The first-order valence-electron chi connectivity index (χ1n) is 5.09. The number of carbonyl (C=O) groups excluding carboxylic acids is 2. The van der Waals surface area contributed by atoms with Crippen molar-refractivity contribution < 1.29 is 14.3 Å². The van der Waals surface area contributed by atoms with Crippen LogP contribution in [0.5, 0.6) is 0 Å². The Morgan fingerprint density at radius 3 is 2.69 bits per heavy atom. The van der Waals surface area contributed by atoms with Gasteiger partial charge in [0.25, 0.3) is 0 Å². The highest BCUT2D eigenvalue weighted by Crippen LogP contribution is 2.12. The predicted octanol–water partition coefficient (Wildman–Crippen LogP) is 0.300. The lowest BCUT2D eigenvalue weighted by atomic mass is 10.2. The standard InChI is InChI=1S/C11H12N2O3/c14-8-10(15)9-1-2-11(12-7-9)13-3-5-16-6-4-13/h1-2,7-8H,3-6H2. The highest BCUT2D eigenvalue weighted by molar-refractivity contribution is 6.33. The lowest BCUT2D eigenvalue weighted by molar-refractivity contribution is -0.104. The van der Waals surface area contributed by atoms with Crippen LogP contribution >= 0.6 is 0 Å². The van der Waals surface area contributed by atoms with Crippen molar-refractivity contribution in [3.8, 4) is 0 Å². The lowest BCUT2D eigenvalue weighted by Crippen LogP contribution is -2.36. The monoisotopic (exact) mass is 220 g/mol. The minimum absolute atomic E-state index is 0.297. The number of hydrogen-bond donors (Lipinski definition) is 0. The quantitative estimate of drug-likeness (QED) is 0.416. The minimum atomic E-state index is -0.541. The first-order valence-corrected chi connectivity index (χ1v) is 5.09. The number of hydrogen-bond acceptors (Lipinski definition) is 5. The number of nitrogens with zero attached hydrogens (tertiary/aromatic N) is 2. The lowest BCUT2D eigenvalue weighted by Gasteiger charge is -2.27. The predicted molar refractivity (Wildman–Crippen MR) is 57.7 cm³/mol. The van der Waals surface area contributed by atoms with Gasteiger partial charge in [0.05, 0.1) is 13.2 Å². The van der Waals surface area contributed by atoms with Crippen LogP contribution in [-0.2, 0) is 9.53 Å². The van der Waals surface area contributed by atoms with Crippen LogP contribution in [0.2, 0.25) is 0 Å². The van der Waals surface area contributed by atoms with Crippen molar-refractivity contribution in [2.75, 3.05) is 31.2 Å². The molecule has 1 fully saturated rings. The van der Waals surface area contributed by atoms with Crippen LogP contribution in [0.4, 0.5) is 5.82 Å². The third-order valence-electron chi connectivity index (χ3n) is 2.47. The number of aromatic nitrogens is 1. The summed E-state index contributed by atoms with van der Waals surface area (Å²) in [5, 5.41) is 0. The van der Waals surface area contributed by atoms with Crippen molar-refractivity contribution in [1.29, 1.82) is 0 Å². The maximum atomic E-state index is 11.1. The van der Waals surface area contributed by atoms with Crippen molar-refractivity contribution in [2.45, 2.75) is 0 Å². The van der Waals surface area contributed by atoms with E-state index in [0.29, 0.717) is 25.1 Å². The number of morpholine rings is 1. The largest absolute Gasteiger partial charge is 0.378 e. The van der Waals surface area contributed by atoms with Gasteiger partial charge in [-0.05, 0) is 12.1 Å². The fraction of sp³-hybridized carbons (Fsp3) is 0.364. The second-order valence-corrected chi connectivity index (χ2v) is 3.49. The average molecular weight is 220 g/mol. The normalized spacial score (nSPS) is 15.9. The van der Waals surface area contributed by atoms with Gasteiger partial charge in [0.2, 0.25) is 5.78 Å². The van der Waals surface area contributed by atoms with Gasteiger partial charge in [-0.25, -0.2) is 4.98 Å². The SMILES string of the molecule is O=CC(=O)c1ccc(N2CCOCC2)nc1. The summed E-state index contributed by atoms with van der Waals surface area (Å²) >= 11 is 0. The van der Waals surface area contributed by atoms with Crippen LogP contribution < -0.4 is 4.90 Å². The number of anilines is 1. The molecule has 1 saturated heterocycles. The van der Waals surface area contributed by atoms with E-state index in [1.807, 2.05) is 0 Å². The number of ketones is 1. The summed E-state index contributed by atoms with van der Waals surface area (Å²) in [6.07, 6.45) is 1.73. The molecule has 0 unspecified atom stereocenters. The molecule has 0 spiro atoms. The summed E-state index contributed by atoms with van der Waals surface area (Å²) in [4.78, 5) is 27.6. The number of pyridine rings is 1. The van der Waals surface area contributed by atoms with Gasteiger partial charge in [-0.1, -0.05) is 0 Å². The maximum Gasteiger partial charge on any atom is 0.226 e. The minimum Gasteiger partial charge on any atom is -0.378 e. The second kappa shape index (κ2) is 4.85. The van der Waals surface area contributed by atoms with Crippen LogP contribution in [0, 0.1) is 0 Å². The van der Waals surface area contributed by atoms with Gasteiger partial charge in [-0.3, -0.25) is 9.59 Å². The van der Waals surface area contributed by atoms with Crippen LogP contribution in [0.15, 0.2) is 18.3 Å². The molecular formula is C11H12N2O3. The fourth-order valence-corrected chi connectivity index (χ4v) is 1.58. The summed E-state index contributed by atoms with van der Waals surface area (Å²) in [7, 11) is 0. The van der Waals surface area contributed by atoms with Gasteiger partial charge in [0, 0.05) is 24.8 Å². The number of Topliss-reactive ketones (excluding diaryl/α,β-unsaturated/α-hetero) is 1.